The minimum absolute atomic E-state index is 0.406. The van der Waals surface area contributed by atoms with Crippen molar-refractivity contribution >= 4 is 5.69 Å². The smallest absolute Gasteiger partial charge is 0.121 e. The van der Waals surface area contributed by atoms with Crippen LogP contribution in [0, 0.1) is 11.3 Å². The maximum atomic E-state index is 9.22. The summed E-state index contributed by atoms with van der Waals surface area (Å²) in [4.78, 5) is 4.61. The van der Waals surface area contributed by atoms with Crippen LogP contribution < -0.4 is 9.64 Å². The molecule has 0 saturated carbocycles. The fraction of sp³-hybridized carbons (Fsp3) is 0.500. The van der Waals surface area contributed by atoms with Crippen molar-refractivity contribution in [2.75, 3.05) is 38.7 Å². The molecule has 4 heteroatoms. The van der Waals surface area contributed by atoms with Gasteiger partial charge in [0.15, 0.2) is 0 Å². The molecule has 1 unspecified atom stereocenters. The lowest BCUT2D eigenvalue weighted by Crippen LogP contribution is -2.50. The van der Waals surface area contributed by atoms with E-state index in [9.17, 15) is 5.26 Å². The van der Waals surface area contributed by atoms with Crippen molar-refractivity contribution in [3.8, 4) is 11.8 Å². The van der Waals surface area contributed by atoms with Crippen LogP contribution in [0.4, 0.5) is 5.69 Å². The molecule has 1 aliphatic rings. The van der Waals surface area contributed by atoms with Crippen molar-refractivity contribution in [1.29, 1.82) is 5.26 Å². The molecule has 0 spiro atoms. The number of ether oxygens (including phenoxy) is 1. The molecule has 1 saturated heterocycles. The Morgan fingerprint density at radius 3 is 2.78 bits per heavy atom. The van der Waals surface area contributed by atoms with Gasteiger partial charge in [-0.15, -0.1) is 0 Å². The van der Waals surface area contributed by atoms with E-state index in [1.165, 1.54) is 0 Å². The number of piperazine rings is 1. The third kappa shape index (κ3) is 2.41. The fourth-order valence-electron chi connectivity index (χ4n) is 2.47. The summed E-state index contributed by atoms with van der Waals surface area (Å²) in [6, 6.07) is 8.30. The number of hydrogen-bond acceptors (Lipinski definition) is 4. The molecule has 2 rings (SSSR count). The lowest BCUT2D eigenvalue weighted by Gasteiger charge is -2.40. The second-order valence-corrected chi connectivity index (χ2v) is 4.80. The molecule has 0 N–H and O–H groups in total. The van der Waals surface area contributed by atoms with E-state index in [1.807, 2.05) is 18.2 Å². The Kier molecular flexibility index (Phi) is 3.73. The first-order valence-corrected chi connectivity index (χ1v) is 6.19. The molecule has 1 fully saturated rings. The molecule has 96 valence electrons. The molecule has 18 heavy (non-hydrogen) atoms. The standard InChI is InChI=1S/C14H19N3O/c1-11-10-16(2)6-7-17(11)14-8-13(18-3)5-4-12(14)9-15/h4-5,8,11H,6-7,10H2,1-3H3. The Labute approximate surface area is 108 Å². The molecule has 1 heterocycles. The van der Waals surface area contributed by atoms with Crippen LogP contribution in [-0.2, 0) is 0 Å². The molecule has 0 bridgehead atoms. The van der Waals surface area contributed by atoms with Gasteiger partial charge in [-0.25, -0.2) is 0 Å². The molecule has 0 aromatic heterocycles. The number of likely N-dealkylation sites (N-methyl/N-ethyl adjacent to an activating group) is 1. The van der Waals surface area contributed by atoms with Crippen LogP contribution in [-0.4, -0.2) is 44.7 Å². The van der Waals surface area contributed by atoms with Gasteiger partial charge in [-0.2, -0.15) is 5.26 Å². The van der Waals surface area contributed by atoms with Gasteiger partial charge in [-0.05, 0) is 26.1 Å². The fourth-order valence-corrected chi connectivity index (χ4v) is 2.47. The van der Waals surface area contributed by atoms with Crippen molar-refractivity contribution in [2.45, 2.75) is 13.0 Å². The van der Waals surface area contributed by atoms with E-state index in [0.29, 0.717) is 11.6 Å². The molecular weight excluding hydrogens is 226 g/mol. The summed E-state index contributed by atoms with van der Waals surface area (Å²) in [6.45, 7) is 5.17. The Bertz CT molecular complexity index is 467. The van der Waals surface area contributed by atoms with E-state index in [4.69, 9.17) is 4.74 Å². The van der Waals surface area contributed by atoms with Crippen molar-refractivity contribution < 1.29 is 4.74 Å². The Balaban J connectivity index is 2.34. The molecule has 0 aliphatic carbocycles. The van der Waals surface area contributed by atoms with E-state index in [2.05, 4.69) is 29.8 Å². The number of hydrogen-bond donors (Lipinski definition) is 0. The zero-order chi connectivity index (χ0) is 13.1. The van der Waals surface area contributed by atoms with Gasteiger partial charge in [0, 0.05) is 31.7 Å². The summed E-state index contributed by atoms with van der Waals surface area (Å²) < 4.78 is 5.26. The average Bonchev–Trinajstić information content (AvgIpc) is 2.38. The predicted octanol–water partition coefficient (Wildman–Crippen LogP) is 1.71. The summed E-state index contributed by atoms with van der Waals surface area (Å²) in [7, 11) is 3.78. The Hall–Kier alpha value is -1.73. The monoisotopic (exact) mass is 245 g/mol. The molecule has 0 radical (unpaired) electrons. The van der Waals surface area contributed by atoms with E-state index in [0.717, 1.165) is 31.1 Å². The Morgan fingerprint density at radius 1 is 1.39 bits per heavy atom. The minimum Gasteiger partial charge on any atom is -0.497 e. The van der Waals surface area contributed by atoms with Gasteiger partial charge in [-0.3, -0.25) is 0 Å². The molecule has 1 atom stereocenters. The van der Waals surface area contributed by atoms with Crippen LogP contribution in [0.25, 0.3) is 0 Å². The van der Waals surface area contributed by atoms with Crippen molar-refractivity contribution in [3.63, 3.8) is 0 Å². The van der Waals surface area contributed by atoms with Crippen LogP contribution in [0.15, 0.2) is 18.2 Å². The third-order valence-electron chi connectivity index (χ3n) is 3.47. The van der Waals surface area contributed by atoms with Gasteiger partial charge in [0.2, 0.25) is 0 Å². The van der Waals surface area contributed by atoms with Crippen LogP contribution in [0.2, 0.25) is 0 Å². The van der Waals surface area contributed by atoms with E-state index in [1.54, 1.807) is 7.11 Å². The molecule has 1 aliphatic heterocycles. The van der Waals surface area contributed by atoms with Gasteiger partial charge in [0.25, 0.3) is 0 Å². The largest absolute Gasteiger partial charge is 0.497 e. The van der Waals surface area contributed by atoms with E-state index >= 15 is 0 Å². The summed E-state index contributed by atoms with van der Waals surface area (Å²) >= 11 is 0. The van der Waals surface area contributed by atoms with Gasteiger partial charge < -0.3 is 14.5 Å². The number of nitriles is 1. The zero-order valence-electron chi connectivity index (χ0n) is 11.2. The van der Waals surface area contributed by atoms with Crippen molar-refractivity contribution in [1.82, 2.24) is 4.90 Å². The molecule has 4 nitrogen and oxygen atoms in total. The quantitative estimate of drug-likeness (QED) is 0.795. The summed E-state index contributed by atoms with van der Waals surface area (Å²) in [5.74, 6) is 0.801. The molecule has 0 amide bonds. The number of benzene rings is 1. The molecular formula is C14H19N3O. The first-order chi connectivity index (χ1) is 8.65. The molecule has 1 aromatic carbocycles. The highest BCUT2D eigenvalue weighted by molar-refractivity contribution is 5.63. The lowest BCUT2D eigenvalue weighted by molar-refractivity contribution is 0.275. The summed E-state index contributed by atoms with van der Waals surface area (Å²) in [6.07, 6.45) is 0. The SMILES string of the molecule is COc1ccc(C#N)c(N2CCN(C)CC2C)c1. The van der Waals surface area contributed by atoms with E-state index < -0.39 is 0 Å². The first-order valence-electron chi connectivity index (χ1n) is 6.19. The van der Waals surface area contributed by atoms with Crippen LogP contribution in [0.1, 0.15) is 12.5 Å². The summed E-state index contributed by atoms with van der Waals surface area (Å²) in [5.41, 5.74) is 1.70. The Morgan fingerprint density at radius 2 is 2.17 bits per heavy atom. The highest BCUT2D eigenvalue weighted by atomic mass is 16.5. The average molecular weight is 245 g/mol. The van der Waals surface area contributed by atoms with Crippen molar-refractivity contribution in [3.05, 3.63) is 23.8 Å². The number of methoxy groups -OCH3 is 1. The maximum Gasteiger partial charge on any atom is 0.121 e. The number of anilines is 1. The van der Waals surface area contributed by atoms with Crippen LogP contribution >= 0.6 is 0 Å². The van der Waals surface area contributed by atoms with Crippen molar-refractivity contribution in [2.24, 2.45) is 0 Å². The predicted molar refractivity (Wildman–Crippen MR) is 72.0 cm³/mol. The minimum atomic E-state index is 0.406. The van der Waals surface area contributed by atoms with Gasteiger partial charge >= 0.3 is 0 Å². The maximum absolute atomic E-state index is 9.22. The lowest BCUT2D eigenvalue weighted by atomic mass is 10.1. The first kappa shape index (κ1) is 12.7. The highest BCUT2D eigenvalue weighted by Crippen LogP contribution is 2.28. The summed E-state index contributed by atoms with van der Waals surface area (Å²) in [5, 5.41) is 9.22. The zero-order valence-corrected chi connectivity index (χ0v) is 11.2. The highest BCUT2D eigenvalue weighted by Gasteiger charge is 2.23. The molecule has 1 aromatic rings. The second-order valence-electron chi connectivity index (χ2n) is 4.80. The number of rotatable bonds is 2. The van der Waals surface area contributed by atoms with Gasteiger partial charge in [-0.1, -0.05) is 0 Å². The number of nitrogens with zero attached hydrogens (tertiary/aromatic N) is 3. The van der Waals surface area contributed by atoms with E-state index in [-0.39, 0.29) is 0 Å². The van der Waals surface area contributed by atoms with Gasteiger partial charge in [0.1, 0.15) is 11.8 Å². The third-order valence-corrected chi connectivity index (χ3v) is 3.47. The normalized spacial score (nSPS) is 20.6. The second kappa shape index (κ2) is 5.28. The topological polar surface area (TPSA) is 39.5 Å². The van der Waals surface area contributed by atoms with Crippen LogP contribution in [0.3, 0.4) is 0 Å². The van der Waals surface area contributed by atoms with Gasteiger partial charge in [0.05, 0.1) is 18.4 Å². The van der Waals surface area contributed by atoms with Crippen LogP contribution in [0.5, 0.6) is 5.75 Å².